The first-order valence-electron chi connectivity index (χ1n) is 14.6. The lowest BCUT2D eigenvalue weighted by atomic mass is 9.97. The highest BCUT2D eigenvalue weighted by molar-refractivity contribution is 8.00. The molecule has 0 saturated carbocycles. The summed E-state index contributed by atoms with van der Waals surface area (Å²) in [7, 11) is 0. The maximum atomic E-state index is 14.0. The van der Waals surface area contributed by atoms with Crippen molar-refractivity contribution < 1.29 is 32.3 Å². The van der Waals surface area contributed by atoms with Crippen LogP contribution in [0.15, 0.2) is 35.9 Å². The second-order valence-electron chi connectivity index (χ2n) is 11.4. The fourth-order valence-electron chi connectivity index (χ4n) is 5.31. The number of nitrogens with zero attached hydrogens (tertiary/aromatic N) is 2. The minimum Gasteiger partial charge on any atom is -0.378 e. The molecule has 3 aliphatic rings. The van der Waals surface area contributed by atoms with E-state index in [-0.39, 0.29) is 60.7 Å². The molecule has 2 heterocycles. The molecule has 4 N–H and O–H groups in total. The second kappa shape index (κ2) is 15.2. The first-order chi connectivity index (χ1) is 20.5. The van der Waals surface area contributed by atoms with Gasteiger partial charge in [0.1, 0.15) is 5.82 Å². The Balaban J connectivity index is 1.24. The predicted molar refractivity (Wildman–Crippen MR) is 158 cm³/mol. The van der Waals surface area contributed by atoms with Gasteiger partial charge in [0.2, 0.25) is 11.8 Å². The normalized spacial score (nSPS) is 22.0. The molecule has 2 saturated heterocycles. The third-order valence-corrected chi connectivity index (χ3v) is 8.94. The lowest BCUT2D eigenvalue weighted by molar-refractivity contribution is -0.138. The van der Waals surface area contributed by atoms with E-state index in [1.165, 1.54) is 16.7 Å². The molecule has 9 nitrogen and oxygen atoms in total. The summed E-state index contributed by atoms with van der Waals surface area (Å²) in [6, 6.07) is 0.0471. The van der Waals surface area contributed by atoms with Crippen LogP contribution in [0.5, 0.6) is 0 Å². The molecule has 1 aromatic carbocycles. The summed E-state index contributed by atoms with van der Waals surface area (Å²) in [4.78, 5) is 42.3. The van der Waals surface area contributed by atoms with E-state index < -0.39 is 28.9 Å². The molecule has 13 heteroatoms. The van der Waals surface area contributed by atoms with Crippen LogP contribution in [0.1, 0.15) is 32.3 Å². The van der Waals surface area contributed by atoms with Gasteiger partial charge >= 0.3 is 0 Å². The summed E-state index contributed by atoms with van der Waals surface area (Å²) in [6.07, 6.45) is 6.30. The Morgan fingerprint density at radius 1 is 1.09 bits per heavy atom. The fourth-order valence-corrected chi connectivity index (χ4v) is 6.48. The predicted octanol–water partition coefficient (Wildman–Crippen LogP) is 2.11. The molecule has 0 radical (unpaired) electrons. The number of ether oxygens (including phenoxy) is 1. The largest absolute Gasteiger partial charge is 0.378 e. The van der Waals surface area contributed by atoms with Gasteiger partial charge in [-0.3, -0.25) is 19.7 Å². The summed E-state index contributed by atoms with van der Waals surface area (Å²) < 4.78 is 46.1. The van der Waals surface area contributed by atoms with Crippen molar-refractivity contribution in [3.63, 3.8) is 0 Å². The number of amides is 3. The molecule has 0 aromatic heterocycles. The van der Waals surface area contributed by atoms with Gasteiger partial charge in [0.25, 0.3) is 5.91 Å². The Morgan fingerprint density at radius 3 is 2.49 bits per heavy atom. The standard InChI is InChI=1S/C30H40F3N5O4S/c1-18(2)27(29(41)37-7-10-42-11-8-37)36-22-5-3-19(4-6-22)17-35-28(40)30-38(9-12-43-30)26(39)15-21(34)13-20-14-24(32)25(33)16-23(20)31/h3-5,14,16,18,21-22,27,30,36H,6-13,15,17,34H2,1-2H3,(H,35,40)/t21-,22?,27-,30+/m1/s1. The summed E-state index contributed by atoms with van der Waals surface area (Å²) in [6.45, 7) is 7.00. The highest BCUT2D eigenvalue weighted by Crippen LogP contribution is 2.26. The van der Waals surface area contributed by atoms with Gasteiger partial charge in [0.05, 0.1) is 19.3 Å². The van der Waals surface area contributed by atoms with Crippen LogP contribution < -0.4 is 16.4 Å². The van der Waals surface area contributed by atoms with Crippen molar-refractivity contribution in [1.82, 2.24) is 20.4 Å². The van der Waals surface area contributed by atoms with Crippen LogP contribution in [-0.2, 0) is 25.5 Å². The van der Waals surface area contributed by atoms with E-state index in [9.17, 15) is 27.6 Å². The van der Waals surface area contributed by atoms with E-state index in [0.717, 1.165) is 11.6 Å². The maximum absolute atomic E-state index is 14.0. The quantitative estimate of drug-likeness (QED) is 0.324. The lowest BCUT2D eigenvalue weighted by Gasteiger charge is -2.34. The average molecular weight is 624 g/mol. The molecule has 1 aliphatic carbocycles. The van der Waals surface area contributed by atoms with Gasteiger partial charge in [-0.25, -0.2) is 13.2 Å². The van der Waals surface area contributed by atoms with Gasteiger partial charge in [-0.15, -0.1) is 11.8 Å². The van der Waals surface area contributed by atoms with Gasteiger partial charge in [-0.1, -0.05) is 32.1 Å². The summed E-state index contributed by atoms with van der Waals surface area (Å²) in [5.41, 5.74) is 6.84. The Kier molecular flexibility index (Phi) is 11.7. The molecule has 0 spiro atoms. The molecular formula is C30H40F3N5O4S. The Bertz CT molecular complexity index is 1240. The molecule has 43 heavy (non-hydrogen) atoms. The molecule has 2 aliphatic heterocycles. The van der Waals surface area contributed by atoms with Crippen LogP contribution in [0, 0.1) is 23.4 Å². The van der Waals surface area contributed by atoms with E-state index in [1.807, 2.05) is 37.0 Å². The van der Waals surface area contributed by atoms with Crippen molar-refractivity contribution in [2.24, 2.45) is 11.7 Å². The number of benzene rings is 1. The number of thioether (sulfide) groups is 1. The van der Waals surface area contributed by atoms with Crippen LogP contribution in [0.25, 0.3) is 0 Å². The van der Waals surface area contributed by atoms with E-state index in [2.05, 4.69) is 10.6 Å². The maximum Gasteiger partial charge on any atom is 0.253 e. The topological polar surface area (TPSA) is 117 Å². The zero-order valence-electron chi connectivity index (χ0n) is 24.5. The van der Waals surface area contributed by atoms with Crippen LogP contribution in [0.4, 0.5) is 13.2 Å². The van der Waals surface area contributed by atoms with E-state index >= 15 is 0 Å². The van der Waals surface area contributed by atoms with Gasteiger partial charge in [-0.05, 0) is 36.0 Å². The first-order valence-corrected chi connectivity index (χ1v) is 15.7. The zero-order chi connectivity index (χ0) is 31.1. The van der Waals surface area contributed by atoms with Crippen molar-refractivity contribution in [2.45, 2.75) is 56.6 Å². The van der Waals surface area contributed by atoms with Gasteiger partial charge in [0.15, 0.2) is 17.0 Å². The molecule has 1 unspecified atom stereocenters. The summed E-state index contributed by atoms with van der Waals surface area (Å²) >= 11 is 1.34. The van der Waals surface area contributed by atoms with Gasteiger partial charge < -0.3 is 25.6 Å². The zero-order valence-corrected chi connectivity index (χ0v) is 25.3. The van der Waals surface area contributed by atoms with Crippen molar-refractivity contribution in [3.8, 4) is 0 Å². The van der Waals surface area contributed by atoms with Crippen molar-refractivity contribution in [1.29, 1.82) is 0 Å². The number of carbonyl (C=O) groups excluding carboxylic acids is 3. The fraction of sp³-hybridized carbons (Fsp3) is 0.567. The first kappa shape index (κ1) is 33.0. The number of rotatable bonds is 11. The molecule has 0 bridgehead atoms. The van der Waals surface area contributed by atoms with Crippen LogP contribution in [-0.4, -0.2) is 96.2 Å². The number of hydrogen-bond acceptors (Lipinski definition) is 7. The molecule has 4 rings (SSSR count). The Labute approximate surface area is 254 Å². The monoisotopic (exact) mass is 623 g/mol. The smallest absolute Gasteiger partial charge is 0.253 e. The van der Waals surface area contributed by atoms with E-state index in [4.69, 9.17) is 10.5 Å². The van der Waals surface area contributed by atoms with E-state index in [1.54, 1.807) is 0 Å². The molecule has 4 atom stereocenters. The van der Waals surface area contributed by atoms with Gasteiger partial charge in [-0.2, -0.15) is 0 Å². The van der Waals surface area contributed by atoms with E-state index in [0.29, 0.717) is 51.1 Å². The number of nitrogens with two attached hydrogens (primary N) is 1. The van der Waals surface area contributed by atoms with Crippen molar-refractivity contribution in [3.05, 3.63) is 58.9 Å². The molecule has 236 valence electrons. The third-order valence-electron chi connectivity index (χ3n) is 7.74. The highest BCUT2D eigenvalue weighted by Gasteiger charge is 2.35. The number of carbonyl (C=O) groups is 3. The summed E-state index contributed by atoms with van der Waals surface area (Å²) in [5, 5.41) is 5.66. The van der Waals surface area contributed by atoms with Gasteiger partial charge in [0, 0.05) is 56.5 Å². The Morgan fingerprint density at radius 2 is 1.81 bits per heavy atom. The summed E-state index contributed by atoms with van der Waals surface area (Å²) in [5.74, 6) is -3.29. The number of halogens is 3. The number of morpholine rings is 1. The number of nitrogens with one attached hydrogen (secondary N) is 2. The molecule has 2 fully saturated rings. The minimum atomic E-state index is -1.29. The van der Waals surface area contributed by atoms with Crippen molar-refractivity contribution >= 4 is 29.5 Å². The van der Waals surface area contributed by atoms with Crippen LogP contribution in [0.2, 0.25) is 0 Å². The molecule has 3 amide bonds. The van der Waals surface area contributed by atoms with Crippen molar-refractivity contribution in [2.75, 3.05) is 45.1 Å². The average Bonchev–Trinajstić information content (AvgIpc) is 3.48. The lowest BCUT2D eigenvalue weighted by Crippen LogP contribution is -2.54. The highest BCUT2D eigenvalue weighted by atomic mass is 32.2. The molecular weight excluding hydrogens is 583 g/mol. The Hall–Kier alpha value is -2.87. The van der Waals surface area contributed by atoms with Crippen LogP contribution >= 0.6 is 11.8 Å². The molecule has 1 aromatic rings. The van der Waals surface area contributed by atoms with Crippen LogP contribution in [0.3, 0.4) is 0 Å². The SMILES string of the molecule is CC(C)[C@@H](NC1C=CC(CNC(=O)[C@@H]2SCCN2C(=O)C[C@H](N)Cc2cc(F)c(F)cc2F)=CC1)C(=O)N1CCOCC1. The minimum absolute atomic E-state index is 0.0144. The third kappa shape index (κ3) is 8.84. The second-order valence-corrected chi connectivity index (χ2v) is 12.5. The number of hydrogen-bond donors (Lipinski definition) is 3.